The number of esters is 1. The molecule has 6 aliphatic carbocycles. The quantitative estimate of drug-likeness (QED) is 0.141. The van der Waals surface area contributed by atoms with Crippen LogP contribution in [0.25, 0.3) is 0 Å². The van der Waals surface area contributed by atoms with Crippen molar-refractivity contribution < 1.29 is 44.0 Å². The number of carbonyl (C=O) groups is 5. The highest BCUT2D eigenvalue weighted by molar-refractivity contribution is 6.30. The Morgan fingerprint density at radius 2 is 1.52 bits per heavy atom. The van der Waals surface area contributed by atoms with Gasteiger partial charge < -0.3 is 30.7 Å². The summed E-state index contributed by atoms with van der Waals surface area (Å²) in [6.07, 6.45) is 6.19. The number of ketones is 1. The number of halogens is 1. The van der Waals surface area contributed by atoms with E-state index < -0.39 is 59.2 Å². The molecule has 61 heavy (non-hydrogen) atoms. The first-order valence-electron chi connectivity index (χ1n) is 22.7. The summed E-state index contributed by atoms with van der Waals surface area (Å²) in [5.41, 5.74) is 0.219. The standard InChI is InChI=1S/C49H69ClN2O9/c1-26(2)38-33(54)23-49(36(55)24-51-41(57)32(25-53)52-40(56)27-10-12-28(50)13-11-27)21-20-47(8)29(39(38)49)14-15-35-46(7)18-17-37(45(5,6)34(46)16-19-48(35,47)9)61-43(60)31-22-30(42(58)59)44(31,3)4/h10-13,26,29-32,34-37,53,55H,14-25H2,1-9H3,(H,51,57)(H,52,56)(H,58,59)/t29-,30+,31-,32+,34+,35-,36+,37+,46+,47-,48-,49+/m1/s1. The summed E-state index contributed by atoms with van der Waals surface area (Å²) in [6, 6.07) is 4.96. The largest absolute Gasteiger partial charge is 0.481 e. The lowest BCUT2D eigenvalue weighted by Gasteiger charge is -2.72. The van der Waals surface area contributed by atoms with Gasteiger partial charge >= 0.3 is 11.9 Å². The van der Waals surface area contributed by atoms with Gasteiger partial charge in [0.15, 0.2) is 5.78 Å². The molecule has 7 rings (SSSR count). The number of carboxylic acid groups (broad SMARTS) is 1. The molecule has 5 saturated carbocycles. The van der Waals surface area contributed by atoms with Crippen LogP contribution < -0.4 is 10.6 Å². The zero-order chi connectivity index (χ0) is 44.8. The van der Waals surface area contributed by atoms with E-state index in [9.17, 15) is 39.3 Å². The Bertz CT molecular complexity index is 1990. The second-order valence-electron chi connectivity index (χ2n) is 22.1. The van der Waals surface area contributed by atoms with Gasteiger partial charge in [-0.25, -0.2) is 0 Å². The number of benzene rings is 1. The predicted molar refractivity (Wildman–Crippen MR) is 231 cm³/mol. The first-order chi connectivity index (χ1) is 28.4. The number of nitrogens with one attached hydrogen (secondary N) is 2. The molecular weight excluding hydrogens is 796 g/mol. The Kier molecular flexibility index (Phi) is 11.8. The van der Waals surface area contributed by atoms with E-state index in [1.165, 1.54) is 12.1 Å². The molecule has 336 valence electrons. The summed E-state index contributed by atoms with van der Waals surface area (Å²) < 4.78 is 6.40. The van der Waals surface area contributed by atoms with E-state index in [-0.39, 0.29) is 69.9 Å². The number of carboxylic acids is 1. The van der Waals surface area contributed by atoms with Crippen LogP contribution in [0.1, 0.15) is 137 Å². The molecular formula is C49H69ClN2O9. The normalized spacial score (nSPS) is 38.1. The molecule has 0 aromatic heterocycles. The lowest BCUT2D eigenvalue weighted by Crippen LogP contribution is -2.66. The van der Waals surface area contributed by atoms with Gasteiger partial charge in [-0.1, -0.05) is 79.5 Å². The van der Waals surface area contributed by atoms with E-state index in [0.29, 0.717) is 29.7 Å². The number of aliphatic hydroxyl groups excluding tert-OH is 2. The second-order valence-corrected chi connectivity index (χ2v) is 22.6. The van der Waals surface area contributed by atoms with Crippen LogP contribution in [0.4, 0.5) is 0 Å². The van der Waals surface area contributed by atoms with E-state index >= 15 is 0 Å². The molecule has 6 aliphatic rings. The zero-order valence-corrected chi connectivity index (χ0v) is 38.4. The van der Waals surface area contributed by atoms with Crippen LogP contribution in [0.15, 0.2) is 35.4 Å². The highest BCUT2D eigenvalue weighted by atomic mass is 35.5. The van der Waals surface area contributed by atoms with Gasteiger partial charge in [-0.3, -0.25) is 24.0 Å². The van der Waals surface area contributed by atoms with Crippen molar-refractivity contribution in [3.63, 3.8) is 0 Å². The summed E-state index contributed by atoms with van der Waals surface area (Å²) >= 11 is 5.97. The Hall–Kier alpha value is -3.28. The van der Waals surface area contributed by atoms with Gasteiger partial charge in [0.1, 0.15) is 12.1 Å². The third kappa shape index (κ3) is 7.00. The van der Waals surface area contributed by atoms with Crippen LogP contribution >= 0.6 is 11.6 Å². The minimum absolute atomic E-state index is 0.0111. The molecule has 12 atom stereocenters. The average Bonchev–Trinajstić information content (AvgIpc) is 3.50. The fourth-order valence-electron chi connectivity index (χ4n) is 14.8. The lowest BCUT2D eigenvalue weighted by atomic mass is 9.33. The van der Waals surface area contributed by atoms with E-state index in [2.05, 4.69) is 59.1 Å². The Morgan fingerprint density at radius 3 is 2.13 bits per heavy atom. The maximum atomic E-state index is 14.2. The van der Waals surface area contributed by atoms with Crippen LogP contribution in [0.5, 0.6) is 0 Å². The number of amides is 2. The van der Waals surface area contributed by atoms with E-state index in [4.69, 9.17) is 16.3 Å². The number of aliphatic hydroxyl groups is 2. The first kappa shape index (κ1) is 45.7. The van der Waals surface area contributed by atoms with Gasteiger partial charge in [0.25, 0.3) is 5.91 Å². The SMILES string of the molecule is CC(C)C1=C2[C@H]3CC[C@@H]4[C@@]5(C)CC[C@H](OC(=O)[C@H]6C[C@@H](C(=O)O)C6(C)C)C(C)(C)[C@@H]5CC[C@@]4(C)[C@]3(C)CC[C@@]2([C@@H](O)CNC(=O)[C@H](CO)NC(=O)c2ccc(Cl)cc2)CC1=O. The number of aliphatic carboxylic acids is 1. The topological polar surface area (TPSA) is 179 Å². The van der Waals surface area contributed by atoms with Gasteiger partial charge in [-0.15, -0.1) is 0 Å². The fourth-order valence-corrected chi connectivity index (χ4v) is 14.9. The number of hydrogen-bond donors (Lipinski definition) is 5. The number of fused-ring (bicyclic) bond motifs is 7. The van der Waals surface area contributed by atoms with Gasteiger partial charge in [0.05, 0.1) is 24.5 Å². The Labute approximate surface area is 366 Å². The number of ether oxygens (including phenoxy) is 1. The fraction of sp³-hybridized carbons (Fsp3) is 0.735. The monoisotopic (exact) mass is 864 g/mol. The van der Waals surface area contributed by atoms with Gasteiger partial charge in [-0.05, 0) is 133 Å². The van der Waals surface area contributed by atoms with Crippen molar-refractivity contribution >= 4 is 41.1 Å². The minimum Gasteiger partial charge on any atom is -0.481 e. The van der Waals surface area contributed by atoms with E-state index in [0.717, 1.165) is 56.1 Å². The molecule has 0 saturated heterocycles. The van der Waals surface area contributed by atoms with Crippen LogP contribution in [0.2, 0.25) is 5.02 Å². The van der Waals surface area contributed by atoms with Gasteiger partial charge in [0, 0.05) is 34.4 Å². The molecule has 12 heteroatoms. The first-order valence-corrected chi connectivity index (χ1v) is 23.1. The molecule has 0 bridgehead atoms. The summed E-state index contributed by atoms with van der Waals surface area (Å²) in [5, 5.41) is 37.9. The third-order valence-electron chi connectivity index (χ3n) is 18.6. The lowest BCUT2D eigenvalue weighted by molar-refractivity contribution is -0.238. The maximum absolute atomic E-state index is 14.2. The molecule has 0 spiro atoms. The maximum Gasteiger partial charge on any atom is 0.309 e. The Balaban J connectivity index is 1.09. The molecule has 0 heterocycles. The number of carbonyl (C=O) groups excluding carboxylic acids is 4. The van der Waals surface area contributed by atoms with Crippen molar-refractivity contribution in [3.05, 3.63) is 46.0 Å². The molecule has 0 radical (unpaired) electrons. The van der Waals surface area contributed by atoms with Crippen molar-refractivity contribution in [3.8, 4) is 0 Å². The minimum atomic E-state index is -1.24. The zero-order valence-electron chi connectivity index (χ0n) is 37.7. The Morgan fingerprint density at radius 1 is 0.852 bits per heavy atom. The van der Waals surface area contributed by atoms with Gasteiger partial charge in [0.2, 0.25) is 5.91 Å². The van der Waals surface area contributed by atoms with E-state index in [1.54, 1.807) is 12.1 Å². The second kappa shape index (κ2) is 15.8. The summed E-state index contributed by atoms with van der Waals surface area (Å²) in [4.78, 5) is 65.9. The van der Waals surface area contributed by atoms with Crippen molar-refractivity contribution in [2.75, 3.05) is 13.2 Å². The van der Waals surface area contributed by atoms with E-state index in [1.807, 2.05) is 13.8 Å². The highest BCUT2D eigenvalue weighted by Gasteiger charge is 2.71. The summed E-state index contributed by atoms with van der Waals surface area (Å²) in [5.74, 6) is -2.42. The van der Waals surface area contributed by atoms with Crippen LogP contribution in [-0.4, -0.2) is 76.3 Å². The molecule has 0 aliphatic heterocycles. The van der Waals surface area contributed by atoms with Crippen molar-refractivity contribution in [2.45, 2.75) is 145 Å². The molecule has 11 nitrogen and oxygen atoms in total. The van der Waals surface area contributed by atoms with Crippen molar-refractivity contribution in [2.24, 2.45) is 68.0 Å². The number of hydrogen-bond acceptors (Lipinski definition) is 8. The summed E-state index contributed by atoms with van der Waals surface area (Å²) in [6.45, 7) is 19.0. The van der Waals surface area contributed by atoms with Crippen molar-refractivity contribution in [1.82, 2.24) is 10.6 Å². The van der Waals surface area contributed by atoms with Crippen LogP contribution in [-0.2, 0) is 23.9 Å². The highest BCUT2D eigenvalue weighted by Crippen LogP contribution is 2.77. The van der Waals surface area contributed by atoms with Gasteiger partial charge in [-0.2, -0.15) is 0 Å². The molecule has 1 aromatic rings. The molecule has 1 aromatic carbocycles. The van der Waals surface area contributed by atoms with Crippen molar-refractivity contribution in [1.29, 1.82) is 0 Å². The molecule has 2 amide bonds. The molecule has 5 N–H and O–H groups in total. The number of allylic oxidation sites excluding steroid dienone is 1. The van der Waals surface area contributed by atoms with Crippen LogP contribution in [0, 0.1) is 68.0 Å². The molecule has 0 unspecified atom stereocenters. The molecule has 5 fully saturated rings. The van der Waals surface area contributed by atoms with Crippen LogP contribution in [0.3, 0.4) is 0 Å². The smallest absolute Gasteiger partial charge is 0.309 e. The summed E-state index contributed by atoms with van der Waals surface area (Å²) in [7, 11) is 0. The predicted octanol–water partition coefficient (Wildman–Crippen LogP) is 7.55. The third-order valence-corrected chi connectivity index (χ3v) is 18.8. The number of rotatable bonds is 11. The number of Topliss-reactive ketones (excluding diaryl/α,β-unsaturated/α-hetero) is 1. The average molecular weight is 866 g/mol.